The molecule has 0 bridgehead atoms. The molecule has 1 atom stereocenters. The highest BCUT2D eigenvalue weighted by Crippen LogP contribution is 2.27. The predicted molar refractivity (Wildman–Crippen MR) is 104 cm³/mol. The van der Waals surface area contributed by atoms with Crippen LogP contribution in [0.2, 0.25) is 0 Å². The summed E-state index contributed by atoms with van der Waals surface area (Å²) in [6.07, 6.45) is 3.10. The minimum absolute atomic E-state index is 0.0467. The lowest BCUT2D eigenvalue weighted by Gasteiger charge is -2.32. The van der Waals surface area contributed by atoms with Crippen LogP contribution < -0.4 is 11.2 Å². The summed E-state index contributed by atoms with van der Waals surface area (Å²) >= 11 is 0. The number of carbonyl (C=O) groups excluding carboxylic acids is 1. The van der Waals surface area contributed by atoms with E-state index in [-0.39, 0.29) is 23.1 Å². The van der Waals surface area contributed by atoms with E-state index in [4.69, 9.17) is 0 Å². The molecule has 0 spiro atoms. The quantitative estimate of drug-likeness (QED) is 0.742. The number of nitrogens with zero attached hydrogens (tertiary/aromatic N) is 4. The van der Waals surface area contributed by atoms with Crippen molar-refractivity contribution in [1.82, 2.24) is 24.2 Å². The molecule has 3 aromatic rings. The molecular weight excluding hydrogens is 358 g/mol. The molecule has 0 aliphatic carbocycles. The van der Waals surface area contributed by atoms with E-state index in [1.54, 1.807) is 16.5 Å². The van der Waals surface area contributed by atoms with Crippen molar-refractivity contribution in [3.63, 3.8) is 0 Å². The molecule has 1 N–H and O–H groups in total. The molecule has 1 amide bonds. The number of hydrogen-bond donors (Lipinski definition) is 1. The number of pyridine rings is 1. The van der Waals surface area contributed by atoms with Crippen LogP contribution in [0.25, 0.3) is 5.69 Å². The Hall–Kier alpha value is -3.42. The Morgan fingerprint density at radius 2 is 1.93 bits per heavy atom. The molecule has 2 aromatic heterocycles. The Balaban J connectivity index is 1.65. The molecule has 144 valence electrons. The summed E-state index contributed by atoms with van der Waals surface area (Å²) in [7, 11) is 1.64. The van der Waals surface area contributed by atoms with Crippen LogP contribution in [0.3, 0.4) is 0 Å². The van der Waals surface area contributed by atoms with Gasteiger partial charge < -0.3 is 9.88 Å². The molecule has 8 nitrogen and oxygen atoms in total. The number of aromatic amines is 1. The summed E-state index contributed by atoms with van der Waals surface area (Å²) in [5.41, 5.74) is 0.764. The van der Waals surface area contributed by atoms with Crippen LogP contribution in [0.5, 0.6) is 0 Å². The third-order valence-corrected chi connectivity index (χ3v) is 5.07. The molecule has 0 unspecified atom stereocenters. The second-order valence-corrected chi connectivity index (χ2v) is 6.97. The van der Waals surface area contributed by atoms with E-state index in [0.717, 1.165) is 18.5 Å². The summed E-state index contributed by atoms with van der Waals surface area (Å²) in [6, 6.07) is 12.3. The van der Waals surface area contributed by atoms with Gasteiger partial charge in [0.15, 0.2) is 0 Å². The second-order valence-electron chi connectivity index (χ2n) is 6.97. The molecular formula is C20H21N5O3. The predicted octanol–water partition coefficient (Wildman–Crippen LogP) is 1.28. The van der Waals surface area contributed by atoms with Gasteiger partial charge in [0.25, 0.3) is 5.91 Å². The number of aromatic nitrogens is 4. The maximum atomic E-state index is 12.8. The summed E-state index contributed by atoms with van der Waals surface area (Å²) < 4.78 is 2.96. The number of rotatable bonds is 3. The average molecular weight is 379 g/mol. The number of para-hydroxylation sites is 1. The van der Waals surface area contributed by atoms with Crippen molar-refractivity contribution in [1.29, 1.82) is 0 Å². The van der Waals surface area contributed by atoms with Gasteiger partial charge in [0.1, 0.15) is 5.82 Å². The van der Waals surface area contributed by atoms with E-state index < -0.39 is 0 Å². The van der Waals surface area contributed by atoms with Crippen LogP contribution >= 0.6 is 0 Å². The van der Waals surface area contributed by atoms with Gasteiger partial charge in [0, 0.05) is 38.3 Å². The first kappa shape index (κ1) is 18.0. The second kappa shape index (κ2) is 7.30. The number of piperidine rings is 1. The highest BCUT2D eigenvalue weighted by molar-refractivity contribution is 5.94. The third kappa shape index (κ3) is 3.28. The number of carbonyl (C=O) groups is 1. The van der Waals surface area contributed by atoms with Crippen molar-refractivity contribution in [2.24, 2.45) is 7.05 Å². The smallest absolute Gasteiger partial charge is 0.338 e. The molecule has 0 radical (unpaired) electrons. The lowest BCUT2D eigenvalue weighted by atomic mass is 9.96. The molecule has 4 rings (SSSR count). The fraction of sp³-hybridized carbons (Fsp3) is 0.300. The Labute approximate surface area is 161 Å². The van der Waals surface area contributed by atoms with Gasteiger partial charge in [-0.1, -0.05) is 18.2 Å². The van der Waals surface area contributed by atoms with E-state index in [0.29, 0.717) is 24.5 Å². The summed E-state index contributed by atoms with van der Waals surface area (Å²) in [5, 5.41) is 4.47. The van der Waals surface area contributed by atoms with Gasteiger partial charge >= 0.3 is 5.69 Å². The highest BCUT2D eigenvalue weighted by Gasteiger charge is 2.30. The number of nitrogens with one attached hydrogen (secondary N) is 1. The van der Waals surface area contributed by atoms with E-state index in [2.05, 4.69) is 10.1 Å². The molecule has 1 aromatic carbocycles. The van der Waals surface area contributed by atoms with E-state index in [9.17, 15) is 14.4 Å². The normalized spacial score (nSPS) is 16.9. The maximum absolute atomic E-state index is 12.8. The van der Waals surface area contributed by atoms with Crippen molar-refractivity contribution in [3.8, 4) is 5.69 Å². The number of hydrogen-bond acceptors (Lipinski definition) is 4. The van der Waals surface area contributed by atoms with Gasteiger partial charge in [-0.05, 0) is 31.0 Å². The topological polar surface area (TPSA) is 93.0 Å². The van der Waals surface area contributed by atoms with E-state index in [1.807, 2.05) is 30.3 Å². The van der Waals surface area contributed by atoms with Crippen molar-refractivity contribution in [2.75, 3.05) is 13.1 Å². The van der Waals surface area contributed by atoms with Gasteiger partial charge in [-0.25, -0.2) is 14.0 Å². The first-order chi connectivity index (χ1) is 13.5. The molecule has 8 heteroatoms. The monoisotopic (exact) mass is 379 g/mol. The van der Waals surface area contributed by atoms with E-state index in [1.165, 1.54) is 23.0 Å². The molecule has 3 heterocycles. The van der Waals surface area contributed by atoms with Crippen LogP contribution in [0, 0.1) is 0 Å². The van der Waals surface area contributed by atoms with Gasteiger partial charge in [0.2, 0.25) is 5.56 Å². The Kier molecular flexibility index (Phi) is 4.68. The first-order valence-corrected chi connectivity index (χ1v) is 9.24. The Bertz CT molecular complexity index is 1090. The summed E-state index contributed by atoms with van der Waals surface area (Å²) in [6.45, 7) is 1.11. The summed E-state index contributed by atoms with van der Waals surface area (Å²) in [4.78, 5) is 41.0. The Morgan fingerprint density at radius 3 is 2.64 bits per heavy atom. The van der Waals surface area contributed by atoms with Crippen molar-refractivity contribution >= 4 is 5.91 Å². The third-order valence-electron chi connectivity index (χ3n) is 5.07. The standard InChI is InChI=1S/C20H21N5O3/c1-23-20(28)25(16-7-3-2-4-8-16)18(22-23)15-6-5-11-24(13-15)19(27)14-9-10-17(26)21-12-14/h2-4,7-10,12,15H,5-6,11,13H2,1H3,(H,21,26)/t15-/m1/s1. The van der Waals surface area contributed by atoms with Crippen LogP contribution in [-0.2, 0) is 7.05 Å². The van der Waals surface area contributed by atoms with Crippen LogP contribution in [0.15, 0.2) is 58.3 Å². The lowest BCUT2D eigenvalue weighted by molar-refractivity contribution is 0.0703. The molecule has 1 aliphatic rings. The molecule has 28 heavy (non-hydrogen) atoms. The maximum Gasteiger partial charge on any atom is 0.350 e. The number of H-pyrrole nitrogens is 1. The number of likely N-dealkylation sites (tertiary alicyclic amines) is 1. The molecule has 1 fully saturated rings. The van der Waals surface area contributed by atoms with Crippen LogP contribution in [0.1, 0.15) is 34.9 Å². The van der Waals surface area contributed by atoms with Gasteiger partial charge in [0.05, 0.1) is 11.3 Å². The minimum atomic E-state index is -0.242. The van der Waals surface area contributed by atoms with Crippen molar-refractivity contribution < 1.29 is 4.79 Å². The zero-order valence-corrected chi connectivity index (χ0v) is 15.5. The zero-order valence-electron chi connectivity index (χ0n) is 15.5. The summed E-state index contributed by atoms with van der Waals surface area (Å²) in [5.74, 6) is 0.484. The average Bonchev–Trinajstić information content (AvgIpc) is 3.03. The Morgan fingerprint density at radius 1 is 1.14 bits per heavy atom. The van der Waals surface area contributed by atoms with Crippen LogP contribution in [0.4, 0.5) is 0 Å². The minimum Gasteiger partial charge on any atom is -0.338 e. The fourth-order valence-electron chi connectivity index (χ4n) is 3.67. The number of aryl methyl sites for hydroxylation is 1. The van der Waals surface area contributed by atoms with Gasteiger partial charge in [-0.15, -0.1) is 0 Å². The van der Waals surface area contributed by atoms with Crippen LogP contribution in [-0.4, -0.2) is 43.2 Å². The first-order valence-electron chi connectivity index (χ1n) is 9.24. The molecule has 1 aliphatic heterocycles. The molecule has 0 saturated carbocycles. The fourth-order valence-corrected chi connectivity index (χ4v) is 3.67. The number of benzene rings is 1. The SMILES string of the molecule is Cn1nc([C@@H]2CCCN(C(=O)c3ccc(=O)[nH]c3)C2)n(-c2ccccc2)c1=O. The van der Waals surface area contributed by atoms with E-state index >= 15 is 0 Å². The van der Waals surface area contributed by atoms with Crippen molar-refractivity contribution in [3.05, 3.63) is 80.9 Å². The highest BCUT2D eigenvalue weighted by atomic mass is 16.2. The molecule has 1 saturated heterocycles. The van der Waals surface area contributed by atoms with Crippen molar-refractivity contribution in [2.45, 2.75) is 18.8 Å². The lowest BCUT2D eigenvalue weighted by Crippen LogP contribution is -2.40. The zero-order chi connectivity index (χ0) is 19.7. The largest absolute Gasteiger partial charge is 0.350 e. The van der Waals surface area contributed by atoms with Gasteiger partial charge in [-0.2, -0.15) is 5.10 Å². The number of amides is 1. The van der Waals surface area contributed by atoms with Gasteiger partial charge in [-0.3, -0.25) is 9.59 Å².